The van der Waals surface area contributed by atoms with Gasteiger partial charge in [0.15, 0.2) is 0 Å². The van der Waals surface area contributed by atoms with Crippen molar-refractivity contribution >= 4 is 34.8 Å². The van der Waals surface area contributed by atoms with Crippen molar-refractivity contribution in [3.63, 3.8) is 0 Å². The summed E-state index contributed by atoms with van der Waals surface area (Å²) in [5.41, 5.74) is 7.64. The van der Waals surface area contributed by atoms with E-state index in [1.54, 1.807) is 42.3 Å². The topological polar surface area (TPSA) is 46.3 Å². The summed E-state index contributed by atoms with van der Waals surface area (Å²) in [6.07, 6.45) is 0. The summed E-state index contributed by atoms with van der Waals surface area (Å²) in [7, 11) is 1.71. The quantitative estimate of drug-likeness (QED) is 0.875. The van der Waals surface area contributed by atoms with Gasteiger partial charge >= 0.3 is 0 Å². The fourth-order valence-corrected chi connectivity index (χ4v) is 2.42. The Bertz CT molecular complexity index is 606. The predicted molar refractivity (Wildman–Crippen MR) is 83.1 cm³/mol. The van der Waals surface area contributed by atoms with Gasteiger partial charge < -0.3 is 10.6 Å². The molecule has 1 amide bonds. The first kappa shape index (κ1) is 14.7. The van der Waals surface area contributed by atoms with Crippen LogP contribution in [-0.2, 0) is 6.54 Å². The molecule has 20 heavy (non-hydrogen) atoms. The molecule has 2 N–H and O–H groups in total. The number of hydrogen-bond donors (Lipinski definition) is 1. The smallest absolute Gasteiger partial charge is 0.256 e. The lowest BCUT2D eigenvalue weighted by molar-refractivity contribution is 0.0785. The summed E-state index contributed by atoms with van der Waals surface area (Å²) in [5.74, 6) is -0.211. The maximum atomic E-state index is 12.4. The molecule has 0 radical (unpaired) electrons. The molecule has 0 aliphatic carbocycles. The number of halogens is 2. The van der Waals surface area contributed by atoms with Gasteiger partial charge in [0.1, 0.15) is 0 Å². The summed E-state index contributed by atoms with van der Waals surface area (Å²) in [6, 6.07) is 12.4. The molecule has 0 saturated heterocycles. The highest BCUT2D eigenvalue weighted by atomic mass is 35.5. The van der Waals surface area contributed by atoms with Gasteiger partial charge in [0, 0.05) is 19.3 Å². The summed E-state index contributed by atoms with van der Waals surface area (Å²) < 4.78 is 0. The zero-order valence-corrected chi connectivity index (χ0v) is 12.4. The minimum atomic E-state index is -0.211. The maximum absolute atomic E-state index is 12.4. The third kappa shape index (κ3) is 3.24. The van der Waals surface area contributed by atoms with Crippen LogP contribution in [0.3, 0.4) is 0 Å². The summed E-state index contributed by atoms with van der Waals surface area (Å²) >= 11 is 12.1. The van der Waals surface area contributed by atoms with E-state index in [4.69, 9.17) is 28.9 Å². The van der Waals surface area contributed by atoms with E-state index in [1.165, 1.54) is 0 Å². The first-order valence-electron chi connectivity index (χ1n) is 6.03. The molecule has 5 heteroatoms. The number of nitrogens with zero attached hydrogens (tertiary/aromatic N) is 1. The van der Waals surface area contributed by atoms with E-state index < -0.39 is 0 Å². The number of amides is 1. The lowest BCUT2D eigenvalue weighted by Gasteiger charge is -2.19. The number of carbonyl (C=O) groups excluding carboxylic acids is 1. The zero-order valence-electron chi connectivity index (χ0n) is 10.9. The second-order valence-electron chi connectivity index (χ2n) is 4.50. The first-order valence-corrected chi connectivity index (χ1v) is 6.78. The molecule has 0 aliphatic heterocycles. The molecule has 0 aromatic heterocycles. The number of anilines is 1. The van der Waals surface area contributed by atoms with Crippen molar-refractivity contribution in [1.82, 2.24) is 4.90 Å². The Hall–Kier alpha value is -1.71. The Kier molecular flexibility index (Phi) is 4.53. The van der Waals surface area contributed by atoms with Gasteiger partial charge in [0.2, 0.25) is 0 Å². The van der Waals surface area contributed by atoms with Gasteiger partial charge in [0.25, 0.3) is 5.91 Å². The minimum Gasteiger partial charge on any atom is -0.399 e. The average molecular weight is 309 g/mol. The van der Waals surface area contributed by atoms with Crippen LogP contribution in [0.5, 0.6) is 0 Å². The molecule has 0 bridgehead atoms. The van der Waals surface area contributed by atoms with Gasteiger partial charge in [0.05, 0.1) is 15.6 Å². The van der Waals surface area contributed by atoms with E-state index in [0.717, 1.165) is 5.56 Å². The Labute approximate surface area is 127 Å². The molecular weight excluding hydrogens is 295 g/mol. The molecule has 104 valence electrons. The van der Waals surface area contributed by atoms with Crippen LogP contribution in [0, 0.1) is 0 Å². The zero-order chi connectivity index (χ0) is 14.7. The Morgan fingerprint density at radius 3 is 2.20 bits per heavy atom. The van der Waals surface area contributed by atoms with Crippen LogP contribution in [-0.4, -0.2) is 17.9 Å². The van der Waals surface area contributed by atoms with Crippen molar-refractivity contribution < 1.29 is 4.79 Å². The molecular formula is C15H14Cl2N2O. The van der Waals surface area contributed by atoms with E-state index in [2.05, 4.69) is 0 Å². The van der Waals surface area contributed by atoms with Crippen LogP contribution in [0.4, 0.5) is 5.69 Å². The molecule has 3 nitrogen and oxygen atoms in total. The third-order valence-corrected chi connectivity index (χ3v) is 3.55. The van der Waals surface area contributed by atoms with E-state index in [9.17, 15) is 4.79 Å². The number of benzene rings is 2. The molecule has 2 aromatic carbocycles. The summed E-state index contributed by atoms with van der Waals surface area (Å²) in [4.78, 5) is 14.0. The minimum absolute atomic E-state index is 0.211. The Balaban J connectivity index is 2.18. The number of rotatable bonds is 3. The summed E-state index contributed by atoms with van der Waals surface area (Å²) in [6.45, 7) is 0.459. The molecule has 2 aromatic rings. The molecule has 2 rings (SSSR count). The van der Waals surface area contributed by atoms with Gasteiger partial charge in [-0.25, -0.2) is 0 Å². The Morgan fingerprint density at radius 1 is 1.10 bits per heavy atom. The molecule has 0 saturated carbocycles. The first-order chi connectivity index (χ1) is 9.49. The largest absolute Gasteiger partial charge is 0.399 e. The van der Waals surface area contributed by atoms with Gasteiger partial charge in [-0.1, -0.05) is 41.4 Å². The summed E-state index contributed by atoms with van der Waals surface area (Å²) in [5, 5.41) is 0.707. The van der Waals surface area contributed by atoms with E-state index in [-0.39, 0.29) is 5.91 Å². The fraction of sp³-hybridized carbons (Fsp3) is 0.133. The van der Waals surface area contributed by atoms with Crippen LogP contribution in [0.15, 0.2) is 42.5 Å². The van der Waals surface area contributed by atoms with E-state index in [0.29, 0.717) is 27.8 Å². The van der Waals surface area contributed by atoms with Crippen molar-refractivity contribution in [1.29, 1.82) is 0 Å². The van der Waals surface area contributed by atoms with Gasteiger partial charge in [-0.05, 0) is 29.8 Å². The van der Waals surface area contributed by atoms with Crippen molar-refractivity contribution in [3.05, 3.63) is 63.6 Å². The van der Waals surface area contributed by atoms with Crippen molar-refractivity contribution in [3.8, 4) is 0 Å². The molecule has 0 spiro atoms. The van der Waals surface area contributed by atoms with Crippen LogP contribution in [0.25, 0.3) is 0 Å². The van der Waals surface area contributed by atoms with E-state index >= 15 is 0 Å². The second-order valence-corrected chi connectivity index (χ2v) is 5.31. The number of nitrogens with two attached hydrogens (primary N) is 1. The highest BCUT2D eigenvalue weighted by Gasteiger charge is 2.18. The highest BCUT2D eigenvalue weighted by Crippen LogP contribution is 2.25. The van der Waals surface area contributed by atoms with Gasteiger partial charge in [-0.2, -0.15) is 0 Å². The molecule has 0 fully saturated rings. The van der Waals surface area contributed by atoms with Crippen LogP contribution < -0.4 is 5.73 Å². The van der Waals surface area contributed by atoms with Gasteiger partial charge in [-0.3, -0.25) is 4.79 Å². The van der Waals surface area contributed by atoms with Crippen molar-refractivity contribution in [2.45, 2.75) is 6.54 Å². The normalized spacial score (nSPS) is 10.3. The average Bonchev–Trinajstić information content (AvgIpc) is 2.41. The fourth-order valence-electron chi connectivity index (χ4n) is 1.86. The van der Waals surface area contributed by atoms with Crippen molar-refractivity contribution in [2.75, 3.05) is 12.8 Å². The Morgan fingerprint density at radius 2 is 1.65 bits per heavy atom. The van der Waals surface area contributed by atoms with Crippen LogP contribution in [0.2, 0.25) is 10.0 Å². The number of nitrogen functional groups attached to an aromatic ring is 1. The standard InChI is InChI=1S/C15H14Cl2N2O/c1-19(9-10-5-7-11(18)8-6-10)15(20)14-12(16)3-2-4-13(14)17/h2-8H,9,18H2,1H3. The van der Waals surface area contributed by atoms with Crippen LogP contribution >= 0.6 is 23.2 Å². The SMILES string of the molecule is CN(Cc1ccc(N)cc1)C(=O)c1c(Cl)cccc1Cl. The lowest BCUT2D eigenvalue weighted by Crippen LogP contribution is -2.26. The predicted octanol–water partition coefficient (Wildman–Crippen LogP) is 3.85. The molecule has 0 atom stereocenters. The van der Waals surface area contributed by atoms with Gasteiger partial charge in [-0.15, -0.1) is 0 Å². The lowest BCUT2D eigenvalue weighted by atomic mass is 10.1. The van der Waals surface area contributed by atoms with Crippen molar-refractivity contribution in [2.24, 2.45) is 0 Å². The maximum Gasteiger partial charge on any atom is 0.256 e. The highest BCUT2D eigenvalue weighted by molar-refractivity contribution is 6.39. The monoisotopic (exact) mass is 308 g/mol. The third-order valence-electron chi connectivity index (χ3n) is 2.92. The van der Waals surface area contributed by atoms with E-state index in [1.807, 2.05) is 12.1 Å². The number of hydrogen-bond acceptors (Lipinski definition) is 2. The number of carbonyl (C=O) groups is 1. The molecule has 0 unspecified atom stereocenters. The second kappa shape index (κ2) is 6.16. The molecule has 0 heterocycles. The van der Waals surface area contributed by atoms with Crippen LogP contribution in [0.1, 0.15) is 15.9 Å². The molecule has 0 aliphatic rings.